The van der Waals surface area contributed by atoms with E-state index in [0.717, 1.165) is 10.2 Å². The quantitative estimate of drug-likeness (QED) is 0.796. The number of ether oxygens (including phenoxy) is 1. The standard InChI is InChI=1S/C12H14BrNO2/c1-9(13)8-14(2)11-7-5-4-6-10(11)12(15)16-3/h4-7H,1,8H2,2-3H3. The number of esters is 1. The first-order valence-corrected chi connectivity index (χ1v) is 5.57. The molecule has 0 aliphatic rings. The smallest absolute Gasteiger partial charge is 0.339 e. The molecule has 0 saturated carbocycles. The highest BCUT2D eigenvalue weighted by Gasteiger charge is 2.13. The third kappa shape index (κ3) is 3.10. The Morgan fingerprint density at radius 3 is 2.69 bits per heavy atom. The molecule has 16 heavy (non-hydrogen) atoms. The van der Waals surface area contributed by atoms with Gasteiger partial charge in [0, 0.05) is 18.1 Å². The maximum Gasteiger partial charge on any atom is 0.339 e. The molecular weight excluding hydrogens is 270 g/mol. The Balaban J connectivity index is 3.03. The second kappa shape index (κ2) is 5.70. The first-order chi connectivity index (χ1) is 7.56. The van der Waals surface area contributed by atoms with Crippen LogP contribution in [0.5, 0.6) is 0 Å². The predicted octanol–water partition coefficient (Wildman–Crippen LogP) is 2.82. The Bertz CT molecular complexity index is 404. The van der Waals surface area contributed by atoms with Gasteiger partial charge in [0.25, 0.3) is 0 Å². The zero-order chi connectivity index (χ0) is 12.1. The van der Waals surface area contributed by atoms with Crippen molar-refractivity contribution in [3.8, 4) is 0 Å². The van der Waals surface area contributed by atoms with Crippen LogP contribution in [-0.4, -0.2) is 26.7 Å². The summed E-state index contributed by atoms with van der Waals surface area (Å²) in [5, 5.41) is 0. The Kier molecular flexibility index (Phi) is 4.55. The number of halogens is 1. The molecule has 3 nitrogen and oxygen atoms in total. The summed E-state index contributed by atoms with van der Waals surface area (Å²) in [7, 11) is 3.27. The largest absolute Gasteiger partial charge is 0.465 e. The van der Waals surface area contributed by atoms with Crippen molar-refractivity contribution in [3.05, 3.63) is 40.9 Å². The highest BCUT2D eigenvalue weighted by molar-refractivity contribution is 9.11. The van der Waals surface area contributed by atoms with Gasteiger partial charge in [0.1, 0.15) is 0 Å². The molecule has 0 amide bonds. The van der Waals surface area contributed by atoms with Crippen molar-refractivity contribution < 1.29 is 9.53 Å². The lowest BCUT2D eigenvalue weighted by atomic mass is 10.1. The topological polar surface area (TPSA) is 29.5 Å². The summed E-state index contributed by atoms with van der Waals surface area (Å²) in [6.07, 6.45) is 0. The van der Waals surface area contributed by atoms with Crippen molar-refractivity contribution in [2.24, 2.45) is 0 Å². The van der Waals surface area contributed by atoms with Gasteiger partial charge in [-0.3, -0.25) is 0 Å². The van der Waals surface area contributed by atoms with Crippen molar-refractivity contribution in [2.45, 2.75) is 0 Å². The van der Waals surface area contributed by atoms with Crippen LogP contribution in [0.3, 0.4) is 0 Å². The fourth-order valence-corrected chi connectivity index (χ4v) is 1.81. The van der Waals surface area contributed by atoms with Crippen LogP contribution >= 0.6 is 15.9 Å². The summed E-state index contributed by atoms with van der Waals surface area (Å²) in [4.78, 5) is 13.5. The lowest BCUT2D eigenvalue weighted by Crippen LogP contribution is -2.21. The second-order valence-electron chi connectivity index (χ2n) is 3.38. The lowest BCUT2D eigenvalue weighted by molar-refractivity contribution is 0.0601. The minimum absolute atomic E-state index is 0.331. The van der Waals surface area contributed by atoms with Crippen LogP contribution < -0.4 is 4.90 Å². The lowest BCUT2D eigenvalue weighted by Gasteiger charge is -2.21. The molecular formula is C12H14BrNO2. The Labute approximate surface area is 104 Å². The third-order valence-electron chi connectivity index (χ3n) is 2.13. The van der Waals surface area contributed by atoms with Crippen LogP contribution in [0.25, 0.3) is 0 Å². The minimum atomic E-state index is -0.331. The van der Waals surface area contributed by atoms with Gasteiger partial charge in [-0.1, -0.05) is 34.6 Å². The van der Waals surface area contributed by atoms with Gasteiger partial charge in [0.05, 0.1) is 18.4 Å². The average molecular weight is 284 g/mol. The van der Waals surface area contributed by atoms with E-state index in [4.69, 9.17) is 4.74 Å². The van der Waals surface area contributed by atoms with Crippen LogP contribution in [0.2, 0.25) is 0 Å². The van der Waals surface area contributed by atoms with E-state index in [1.807, 2.05) is 30.1 Å². The first-order valence-electron chi connectivity index (χ1n) is 4.78. The number of benzene rings is 1. The third-order valence-corrected chi connectivity index (χ3v) is 2.38. The summed E-state index contributed by atoms with van der Waals surface area (Å²) in [6, 6.07) is 7.32. The molecule has 0 heterocycles. The molecule has 0 unspecified atom stereocenters. The monoisotopic (exact) mass is 283 g/mol. The number of carbonyl (C=O) groups is 1. The van der Waals surface area contributed by atoms with E-state index in [2.05, 4.69) is 22.5 Å². The minimum Gasteiger partial charge on any atom is -0.465 e. The fraction of sp³-hybridized carbons (Fsp3) is 0.250. The number of carbonyl (C=O) groups excluding carboxylic acids is 1. The zero-order valence-electron chi connectivity index (χ0n) is 9.37. The number of hydrogen-bond donors (Lipinski definition) is 0. The van der Waals surface area contributed by atoms with Crippen LogP contribution in [0.4, 0.5) is 5.69 Å². The summed E-state index contributed by atoms with van der Waals surface area (Å²) in [5.74, 6) is -0.331. The summed E-state index contributed by atoms with van der Waals surface area (Å²) >= 11 is 3.30. The number of anilines is 1. The van der Waals surface area contributed by atoms with Crippen molar-refractivity contribution in [2.75, 3.05) is 25.6 Å². The molecule has 0 bridgehead atoms. The van der Waals surface area contributed by atoms with E-state index in [1.54, 1.807) is 6.07 Å². The average Bonchev–Trinajstić information content (AvgIpc) is 2.27. The SMILES string of the molecule is C=C(Br)CN(C)c1ccccc1C(=O)OC. The normalized spacial score (nSPS) is 9.69. The van der Waals surface area contributed by atoms with Gasteiger partial charge in [0.2, 0.25) is 0 Å². The summed E-state index contributed by atoms with van der Waals surface area (Å²) in [5.41, 5.74) is 1.39. The molecule has 0 aliphatic heterocycles. The van der Waals surface area contributed by atoms with Crippen molar-refractivity contribution in [3.63, 3.8) is 0 Å². The maximum absolute atomic E-state index is 11.5. The summed E-state index contributed by atoms with van der Waals surface area (Å²) < 4.78 is 5.59. The van der Waals surface area contributed by atoms with Crippen molar-refractivity contribution in [1.82, 2.24) is 0 Å². The molecule has 1 aromatic rings. The molecule has 0 aliphatic carbocycles. The van der Waals surface area contributed by atoms with E-state index >= 15 is 0 Å². The van der Waals surface area contributed by atoms with E-state index in [-0.39, 0.29) is 5.97 Å². The Morgan fingerprint density at radius 2 is 2.12 bits per heavy atom. The van der Waals surface area contributed by atoms with E-state index in [9.17, 15) is 4.79 Å². The molecule has 1 rings (SSSR count). The number of methoxy groups -OCH3 is 1. The molecule has 0 fully saturated rings. The molecule has 0 radical (unpaired) electrons. The Hall–Kier alpha value is -1.29. The molecule has 0 N–H and O–H groups in total. The van der Waals surface area contributed by atoms with Crippen molar-refractivity contribution >= 4 is 27.6 Å². The van der Waals surface area contributed by atoms with Crippen LogP contribution in [0.15, 0.2) is 35.3 Å². The highest BCUT2D eigenvalue weighted by atomic mass is 79.9. The van der Waals surface area contributed by atoms with E-state index in [0.29, 0.717) is 12.1 Å². The van der Waals surface area contributed by atoms with Crippen LogP contribution in [0.1, 0.15) is 10.4 Å². The number of nitrogens with zero attached hydrogens (tertiary/aromatic N) is 1. The summed E-state index contributed by atoms with van der Waals surface area (Å²) in [6.45, 7) is 4.41. The molecule has 4 heteroatoms. The van der Waals surface area contributed by atoms with Gasteiger partial charge in [0.15, 0.2) is 0 Å². The van der Waals surface area contributed by atoms with Gasteiger partial charge in [-0.25, -0.2) is 4.79 Å². The molecule has 86 valence electrons. The van der Waals surface area contributed by atoms with Crippen LogP contribution in [0, 0.1) is 0 Å². The molecule has 0 aromatic heterocycles. The van der Waals surface area contributed by atoms with Crippen molar-refractivity contribution in [1.29, 1.82) is 0 Å². The number of likely N-dealkylation sites (N-methyl/N-ethyl adjacent to an activating group) is 1. The number of para-hydroxylation sites is 1. The number of rotatable bonds is 4. The molecule has 0 spiro atoms. The Morgan fingerprint density at radius 1 is 1.50 bits per heavy atom. The van der Waals surface area contributed by atoms with Gasteiger partial charge < -0.3 is 9.64 Å². The van der Waals surface area contributed by atoms with Gasteiger partial charge in [-0.05, 0) is 12.1 Å². The zero-order valence-corrected chi connectivity index (χ0v) is 11.0. The second-order valence-corrected chi connectivity index (χ2v) is 4.50. The number of hydrogen-bond acceptors (Lipinski definition) is 3. The van der Waals surface area contributed by atoms with Gasteiger partial charge in [-0.15, -0.1) is 0 Å². The van der Waals surface area contributed by atoms with Gasteiger partial charge in [-0.2, -0.15) is 0 Å². The molecule has 0 atom stereocenters. The van der Waals surface area contributed by atoms with E-state index < -0.39 is 0 Å². The van der Waals surface area contributed by atoms with E-state index in [1.165, 1.54) is 7.11 Å². The maximum atomic E-state index is 11.5. The first kappa shape index (κ1) is 12.8. The predicted molar refractivity (Wildman–Crippen MR) is 69.1 cm³/mol. The fourth-order valence-electron chi connectivity index (χ4n) is 1.43. The van der Waals surface area contributed by atoms with Gasteiger partial charge >= 0.3 is 5.97 Å². The molecule has 1 aromatic carbocycles. The molecule has 0 saturated heterocycles. The highest BCUT2D eigenvalue weighted by Crippen LogP contribution is 2.21. The van der Waals surface area contributed by atoms with Crippen LogP contribution in [-0.2, 0) is 4.74 Å².